The van der Waals surface area contributed by atoms with Gasteiger partial charge in [-0.15, -0.1) is 0 Å². The van der Waals surface area contributed by atoms with Crippen LogP contribution in [0.5, 0.6) is 0 Å². The quantitative estimate of drug-likeness (QED) is 0.0784. The number of imide groups is 2. The fourth-order valence-corrected chi connectivity index (χ4v) is 3.97. The molecule has 2 fully saturated rings. The number of carbonyl (C=O) groups is 6. The van der Waals surface area contributed by atoms with Crippen LogP contribution >= 0.6 is 0 Å². The highest BCUT2D eigenvalue weighted by atomic mass is 32.2. The number of rotatable bonds is 9. The van der Waals surface area contributed by atoms with Crippen LogP contribution in [-0.2, 0) is 49.0 Å². The summed E-state index contributed by atoms with van der Waals surface area (Å²) >= 11 is 0. The van der Waals surface area contributed by atoms with E-state index in [1.807, 2.05) is 0 Å². The SMILES string of the molecule is O=C(O)CCCCCCC(=O)O.O=C1CC(S(=O)(=O)O)C(=O)N1O.O=C1CC(S(=O)(=O)O)C(=O)N1O. The van der Waals surface area contributed by atoms with Gasteiger partial charge in [-0.05, 0) is 12.8 Å². The van der Waals surface area contributed by atoms with Crippen molar-refractivity contribution in [2.75, 3.05) is 0 Å². The Labute approximate surface area is 203 Å². The Hall–Kier alpha value is -3.04. The van der Waals surface area contributed by atoms with Crippen molar-refractivity contribution in [3.8, 4) is 0 Å². The number of carboxylic acid groups (broad SMARTS) is 2. The van der Waals surface area contributed by atoms with Gasteiger partial charge >= 0.3 is 11.9 Å². The Kier molecular flexibility index (Phi) is 12.7. The molecule has 0 aromatic carbocycles. The predicted molar refractivity (Wildman–Crippen MR) is 110 cm³/mol. The number of hydroxylamine groups is 4. The van der Waals surface area contributed by atoms with Crippen molar-refractivity contribution >= 4 is 55.8 Å². The molecule has 20 heteroatoms. The van der Waals surface area contributed by atoms with E-state index in [2.05, 4.69) is 0 Å². The van der Waals surface area contributed by atoms with Crippen molar-refractivity contribution in [3.05, 3.63) is 0 Å². The summed E-state index contributed by atoms with van der Waals surface area (Å²) in [6.45, 7) is 0. The van der Waals surface area contributed by atoms with Gasteiger partial charge < -0.3 is 10.2 Å². The highest BCUT2D eigenvalue weighted by Gasteiger charge is 2.46. The van der Waals surface area contributed by atoms with Crippen LogP contribution in [-0.4, -0.2) is 103 Å². The molecule has 0 spiro atoms. The lowest BCUT2D eigenvalue weighted by Crippen LogP contribution is -2.32. The van der Waals surface area contributed by atoms with Crippen molar-refractivity contribution in [1.82, 2.24) is 10.1 Å². The van der Waals surface area contributed by atoms with Crippen LogP contribution < -0.4 is 0 Å². The minimum atomic E-state index is -4.59. The average molecular weight is 565 g/mol. The average Bonchev–Trinajstić information content (AvgIpc) is 3.15. The number of unbranched alkanes of at least 4 members (excludes halogenated alkanes) is 3. The van der Waals surface area contributed by atoms with Gasteiger partial charge in [0.25, 0.3) is 43.9 Å². The van der Waals surface area contributed by atoms with E-state index in [4.69, 9.17) is 29.7 Å². The number of aliphatic carboxylic acids is 2. The van der Waals surface area contributed by atoms with Crippen LogP contribution in [0.3, 0.4) is 0 Å². The summed E-state index contributed by atoms with van der Waals surface area (Å²) in [5, 5.41) is 29.3. The fraction of sp³-hybridized carbons (Fsp3) is 0.625. The third-order valence-corrected chi connectivity index (χ3v) is 6.59. The summed E-state index contributed by atoms with van der Waals surface area (Å²) in [6, 6.07) is 0. The van der Waals surface area contributed by atoms with Crippen molar-refractivity contribution in [1.29, 1.82) is 0 Å². The summed E-state index contributed by atoms with van der Waals surface area (Å²) in [6.07, 6.45) is 1.85. The van der Waals surface area contributed by atoms with E-state index in [0.717, 1.165) is 12.8 Å². The summed E-state index contributed by atoms with van der Waals surface area (Å²) in [5.74, 6) is -6.28. The molecule has 18 nitrogen and oxygen atoms in total. The number of carboxylic acids is 2. The van der Waals surface area contributed by atoms with Crippen LogP contribution in [0.15, 0.2) is 0 Å². The third kappa shape index (κ3) is 11.1. The first-order valence-corrected chi connectivity index (χ1v) is 12.8. The van der Waals surface area contributed by atoms with Gasteiger partial charge in [-0.1, -0.05) is 12.8 Å². The molecule has 2 unspecified atom stereocenters. The smallest absolute Gasteiger partial charge is 0.303 e. The summed E-state index contributed by atoms with van der Waals surface area (Å²) in [4.78, 5) is 62.5. The van der Waals surface area contributed by atoms with Gasteiger partial charge in [0.2, 0.25) is 0 Å². The number of nitrogens with zero attached hydrogens (tertiary/aromatic N) is 2. The Morgan fingerprint density at radius 2 is 0.944 bits per heavy atom. The highest BCUT2D eigenvalue weighted by Crippen LogP contribution is 2.17. The first-order valence-electron chi connectivity index (χ1n) is 9.78. The molecule has 36 heavy (non-hydrogen) atoms. The molecule has 2 saturated heterocycles. The second-order valence-electron chi connectivity index (χ2n) is 7.20. The Balaban J connectivity index is 0.000000510. The molecular formula is C16H24N2O16S2. The van der Waals surface area contributed by atoms with Gasteiger partial charge in [0.1, 0.15) is 0 Å². The first-order chi connectivity index (χ1) is 16.3. The second kappa shape index (κ2) is 13.9. The summed E-state index contributed by atoms with van der Waals surface area (Å²) in [5.41, 5.74) is 0. The third-order valence-electron chi connectivity index (χ3n) is 4.41. The first kappa shape index (κ1) is 33.0. The molecule has 2 atom stereocenters. The van der Waals surface area contributed by atoms with Crippen LogP contribution in [0.4, 0.5) is 0 Å². The van der Waals surface area contributed by atoms with Gasteiger partial charge in [-0.2, -0.15) is 27.0 Å². The van der Waals surface area contributed by atoms with Crippen LogP contribution in [0.1, 0.15) is 51.4 Å². The molecular weight excluding hydrogens is 540 g/mol. The van der Waals surface area contributed by atoms with Gasteiger partial charge in [-0.25, -0.2) is 0 Å². The molecule has 0 saturated carbocycles. The largest absolute Gasteiger partial charge is 0.481 e. The maximum absolute atomic E-state index is 10.7. The number of hydrogen-bond acceptors (Lipinski definition) is 12. The molecule has 2 rings (SSSR count). The Morgan fingerprint density at radius 1 is 0.667 bits per heavy atom. The molecule has 2 aliphatic rings. The molecule has 0 aliphatic carbocycles. The lowest BCUT2D eigenvalue weighted by molar-refractivity contribution is -0.172. The van der Waals surface area contributed by atoms with Gasteiger partial charge in [0, 0.05) is 12.8 Å². The lowest BCUT2D eigenvalue weighted by atomic mass is 10.1. The fourth-order valence-electron chi connectivity index (χ4n) is 2.55. The van der Waals surface area contributed by atoms with Gasteiger partial charge in [0.05, 0.1) is 12.8 Å². The predicted octanol–water partition coefficient (Wildman–Crippen LogP) is -1.72. The maximum atomic E-state index is 10.7. The topological polar surface area (TPSA) is 299 Å². The van der Waals surface area contributed by atoms with Crippen molar-refractivity contribution in [2.45, 2.75) is 61.9 Å². The number of amides is 4. The van der Waals surface area contributed by atoms with E-state index in [1.165, 1.54) is 0 Å². The second-order valence-corrected chi connectivity index (χ2v) is 10.4. The van der Waals surface area contributed by atoms with Crippen LogP contribution in [0.25, 0.3) is 0 Å². The van der Waals surface area contributed by atoms with E-state index >= 15 is 0 Å². The van der Waals surface area contributed by atoms with Crippen molar-refractivity contribution in [2.24, 2.45) is 0 Å². The van der Waals surface area contributed by atoms with Crippen molar-refractivity contribution < 1.29 is 75.3 Å². The van der Waals surface area contributed by atoms with Crippen LogP contribution in [0.2, 0.25) is 0 Å². The number of carbonyl (C=O) groups excluding carboxylic acids is 4. The van der Waals surface area contributed by atoms with E-state index in [9.17, 15) is 45.6 Å². The molecule has 2 heterocycles. The molecule has 0 bridgehead atoms. The zero-order valence-electron chi connectivity index (χ0n) is 18.3. The Bertz CT molecular complexity index is 997. The highest BCUT2D eigenvalue weighted by molar-refractivity contribution is 7.87. The molecule has 0 radical (unpaired) electrons. The van der Waals surface area contributed by atoms with E-state index < -0.39 is 79.1 Å². The maximum Gasteiger partial charge on any atom is 0.303 e. The standard InChI is InChI=1S/C8H14O4.2C4H5NO6S/c9-7(10)5-3-1-2-4-6-8(11)12;2*6-3-1-2(12(9,10)11)4(7)5(3)8/h1-6H2,(H,9,10)(H,11,12);2*2,8H,1H2,(H,9,10,11). The molecule has 206 valence electrons. The van der Waals surface area contributed by atoms with Gasteiger partial charge in [0.15, 0.2) is 10.5 Å². The minimum absolute atomic E-state index is 0.188. The summed E-state index contributed by atoms with van der Waals surface area (Å²) in [7, 11) is -9.18. The molecule has 2 aliphatic heterocycles. The number of hydrogen-bond donors (Lipinski definition) is 6. The van der Waals surface area contributed by atoms with Gasteiger partial charge in [-0.3, -0.25) is 48.3 Å². The molecule has 6 N–H and O–H groups in total. The molecule has 4 amide bonds. The normalized spacial score (nSPS) is 20.0. The Morgan fingerprint density at radius 3 is 1.08 bits per heavy atom. The zero-order chi connectivity index (χ0) is 28.4. The van der Waals surface area contributed by atoms with E-state index in [-0.39, 0.29) is 23.0 Å². The van der Waals surface area contributed by atoms with E-state index in [1.54, 1.807) is 0 Å². The van der Waals surface area contributed by atoms with E-state index in [0.29, 0.717) is 12.8 Å². The summed E-state index contributed by atoms with van der Waals surface area (Å²) < 4.78 is 58.3. The molecule has 0 aromatic rings. The monoisotopic (exact) mass is 564 g/mol. The lowest BCUT2D eigenvalue weighted by Gasteiger charge is -2.02. The van der Waals surface area contributed by atoms with Crippen molar-refractivity contribution in [3.63, 3.8) is 0 Å². The molecule has 0 aromatic heterocycles. The minimum Gasteiger partial charge on any atom is -0.481 e. The zero-order valence-corrected chi connectivity index (χ0v) is 19.9. The van der Waals surface area contributed by atoms with Crippen LogP contribution in [0, 0.1) is 0 Å².